The Labute approximate surface area is 157 Å². The minimum atomic E-state index is -0.389. The molecule has 0 radical (unpaired) electrons. The fourth-order valence-corrected chi connectivity index (χ4v) is 4.81. The van der Waals surface area contributed by atoms with E-state index in [0.29, 0.717) is 24.7 Å². The Morgan fingerprint density at radius 2 is 2.12 bits per heavy atom. The summed E-state index contributed by atoms with van der Waals surface area (Å²) in [5, 5.41) is 0. The second-order valence-corrected chi connectivity index (χ2v) is 8.10. The number of pyridine rings is 1. The van der Waals surface area contributed by atoms with E-state index in [2.05, 4.69) is 27.0 Å². The van der Waals surface area contributed by atoms with Gasteiger partial charge >= 0.3 is 0 Å². The number of aromatic nitrogens is 1. The molecule has 1 aromatic heterocycles. The maximum absolute atomic E-state index is 12.8. The van der Waals surface area contributed by atoms with Gasteiger partial charge in [0.25, 0.3) is 6.47 Å². The number of nitrogens with zero attached hydrogens (tertiary/aromatic N) is 1. The number of rotatable bonds is 5. The topological polar surface area (TPSA) is 56.3 Å². The van der Waals surface area contributed by atoms with E-state index in [4.69, 9.17) is 4.74 Å². The van der Waals surface area contributed by atoms with Gasteiger partial charge in [-0.1, -0.05) is 18.9 Å². The van der Waals surface area contributed by atoms with Gasteiger partial charge in [0.15, 0.2) is 0 Å². The molecular weight excluding hydrogens is 382 g/mol. The molecular formula is C20H24BrNO3. The van der Waals surface area contributed by atoms with Gasteiger partial charge in [0.2, 0.25) is 0 Å². The highest BCUT2D eigenvalue weighted by molar-refractivity contribution is 9.10. The Bertz CT molecular complexity index is 643. The lowest BCUT2D eigenvalue weighted by atomic mass is 9.60. The monoisotopic (exact) mass is 405 g/mol. The van der Waals surface area contributed by atoms with Crippen LogP contribution in [0.1, 0.15) is 44.7 Å². The largest absolute Gasteiger partial charge is 0.464 e. The zero-order valence-electron chi connectivity index (χ0n) is 14.4. The summed E-state index contributed by atoms with van der Waals surface area (Å²) in [6.07, 6.45) is 10.8. The molecule has 0 aliphatic heterocycles. The molecule has 0 spiro atoms. The van der Waals surface area contributed by atoms with E-state index < -0.39 is 0 Å². The van der Waals surface area contributed by atoms with E-state index in [1.165, 1.54) is 12.8 Å². The molecule has 2 saturated carbocycles. The number of allylic oxidation sites excluding steroid dienone is 1. The minimum Gasteiger partial charge on any atom is -0.464 e. The van der Waals surface area contributed by atoms with Crippen molar-refractivity contribution in [2.24, 2.45) is 23.7 Å². The molecule has 5 heteroatoms. The van der Waals surface area contributed by atoms with Crippen molar-refractivity contribution in [1.82, 2.24) is 4.98 Å². The van der Waals surface area contributed by atoms with Crippen molar-refractivity contribution >= 4 is 34.3 Å². The third-order valence-corrected chi connectivity index (χ3v) is 6.20. The number of hydrogen-bond donors (Lipinski definition) is 0. The summed E-state index contributed by atoms with van der Waals surface area (Å²) in [6, 6.07) is 3.90. The SMILES string of the molecule is C[C@@H](OC=O)[C@@H]1C(=O)C[C@@H]2CCCC[C@H]2[C@@H]1C=Cc1ccc(Br)cn1. The number of ether oxygens (including phenoxy) is 1. The van der Waals surface area contributed by atoms with Gasteiger partial charge in [-0.3, -0.25) is 14.6 Å². The maximum Gasteiger partial charge on any atom is 0.293 e. The highest BCUT2D eigenvalue weighted by Crippen LogP contribution is 2.47. The zero-order chi connectivity index (χ0) is 17.8. The first-order valence-electron chi connectivity index (χ1n) is 9.01. The van der Waals surface area contributed by atoms with Crippen molar-refractivity contribution in [2.75, 3.05) is 0 Å². The summed E-state index contributed by atoms with van der Waals surface area (Å²) in [4.78, 5) is 28.0. The second-order valence-electron chi connectivity index (χ2n) is 7.18. The molecule has 0 saturated heterocycles. The standard InChI is InChI=1S/C20H24BrNO3/c1-13(25-12-23)20-18(9-8-16-7-6-15(21)11-22-16)17-5-3-2-4-14(17)10-19(20)24/h6-9,11-14,17-18,20H,2-5,10H2,1H3/t13-,14+,17-,18+,20+/m1/s1. The first kappa shape index (κ1) is 18.3. The average Bonchev–Trinajstić information content (AvgIpc) is 2.60. The van der Waals surface area contributed by atoms with Crippen LogP contribution < -0.4 is 0 Å². The predicted octanol–water partition coefficient (Wildman–Crippen LogP) is 4.43. The molecule has 3 rings (SSSR count). The van der Waals surface area contributed by atoms with Crippen LogP contribution in [-0.4, -0.2) is 23.3 Å². The number of carbonyl (C=O) groups is 2. The Hall–Kier alpha value is -1.49. The van der Waals surface area contributed by atoms with E-state index in [1.54, 1.807) is 6.20 Å². The Morgan fingerprint density at radius 1 is 1.32 bits per heavy atom. The van der Waals surface area contributed by atoms with Gasteiger partial charge in [-0.05, 0) is 71.7 Å². The molecule has 0 aromatic carbocycles. The average molecular weight is 406 g/mol. The van der Waals surface area contributed by atoms with Gasteiger partial charge in [0.05, 0.1) is 11.6 Å². The van der Waals surface area contributed by atoms with Gasteiger partial charge in [0, 0.05) is 17.1 Å². The number of fused-ring (bicyclic) bond motifs is 1. The number of ketones is 1. The Kier molecular flexibility index (Phi) is 6.05. The Balaban J connectivity index is 1.88. The van der Waals surface area contributed by atoms with Gasteiger partial charge in [0.1, 0.15) is 11.9 Å². The summed E-state index contributed by atoms with van der Waals surface area (Å²) in [6.45, 7) is 2.29. The summed E-state index contributed by atoms with van der Waals surface area (Å²) in [5.74, 6) is 1.04. The molecule has 4 nitrogen and oxygen atoms in total. The van der Waals surface area contributed by atoms with Crippen LogP contribution in [0, 0.1) is 23.7 Å². The third-order valence-electron chi connectivity index (χ3n) is 5.73. The van der Waals surface area contributed by atoms with Gasteiger partial charge in [-0.25, -0.2) is 0 Å². The number of hydrogen-bond acceptors (Lipinski definition) is 4. The van der Waals surface area contributed by atoms with Gasteiger partial charge in [-0.15, -0.1) is 0 Å². The fourth-order valence-electron chi connectivity index (χ4n) is 4.58. The van der Waals surface area contributed by atoms with Crippen molar-refractivity contribution in [3.05, 3.63) is 34.6 Å². The molecule has 2 aliphatic rings. The van der Waals surface area contributed by atoms with Crippen LogP contribution in [0.15, 0.2) is 28.9 Å². The molecule has 0 unspecified atom stereocenters. The van der Waals surface area contributed by atoms with Crippen molar-refractivity contribution < 1.29 is 14.3 Å². The normalized spacial score (nSPS) is 30.7. The Morgan fingerprint density at radius 3 is 2.84 bits per heavy atom. The van der Waals surface area contributed by atoms with Crippen molar-refractivity contribution in [1.29, 1.82) is 0 Å². The van der Waals surface area contributed by atoms with E-state index >= 15 is 0 Å². The van der Waals surface area contributed by atoms with Gasteiger partial charge < -0.3 is 4.74 Å². The number of halogens is 1. The summed E-state index contributed by atoms with van der Waals surface area (Å²) >= 11 is 3.39. The molecule has 0 bridgehead atoms. The quantitative estimate of drug-likeness (QED) is 0.679. The molecule has 0 N–H and O–H groups in total. The van der Waals surface area contributed by atoms with Crippen molar-refractivity contribution in [2.45, 2.75) is 45.1 Å². The lowest BCUT2D eigenvalue weighted by molar-refractivity contribution is -0.145. The smallest absolute Gasteiger partial charge is 0.293 e. The lowest BCUT2D eigenvalue weighted by Gasteiger charge is -2.45. The first-order valence-corrected chi connectivity index (χ1v) is 9.81. The highest BCUT2D eigenvalue weighted by atomic mass is 79.9. The van der Waals surface area contributed by atoms with Crippen LogP contribution in [0.25, 0.3) is 6.08 Å². The van der Waals surface area contributed by atoms with E-state index in [1.807, 2.05) is 25.1 Å². The minimum absolute atomic E-state index is 0.104. The molecule has 1 aromatic rings. The molecule has 0 amide bonds. The molecule has 25 heavy (non-hydrogen) atoms. The highest BCUT2D eigenvalue weighted by Gasteiger charge is 2.46. The van der Waals surface area contributed by atoms with Crippen molar-refractivity contribution in [3.63, 3.8) is 0 Å². The summed E-state index contributed by atoms with van der Waals surface area (Å²) in [7, 11) is 0. The predicted molar refractivity (Wildman–Crippen MR) is 99.6 cm³/mol. The fraction of sp³-hybridized carbons (Fsp3) is 0.550. The first-order chi connectivity index (χ1) is 12.1. The van der Waals surface area contributed by atoms with E-state index in [-0.39, 0.29) is 23.7 Å². The molecule has 134 valence electrons. The van der Waals surface area contributed by atoms with Crippen LogP contribution in [0.5, 0.6) is 0 Å². The zero-order valence-corrected chi connectivity index (χ0v) is 16.0. The van der Waals surface area contributed by atoms with Crippen LogP contribution in [0.3, 0.4) is 0 Å². The van der Waals surface area contributed by atoms with Crippen LogP contribution in [0.2, 0.25) is 0 Å². The number of Topliss-reactive ketones (excluding diaryl/α,β-unsaturated/α-hetero) is 1. The molecule has 2 aliphatic carbocycles. The third kappa shape index (κ3) is 4.20. The number of carbonyl (C=O) groups excluding carboxylic acids is 2. The van der Waals surface area contributed by atoms with Crippen molar-refractivity contribution in [3.8, 4) is 0 Å². The summed E-state index contributed by atoms with van der Waals surface area (Å²) in [5.41, 5.74) is 0.872. The van der Waals surface area contributed by atoms with E-state index in [0.717, 1.165) is 23.0 Å². The second kappa shape index (κ2) is 8.26. The van der Waals surface area contributed by atoms with Crippen LogP contribution >= 0.6 is 15.9 Å². The molecule has 5 atom stereocenters. The van der Waals surface area contributed by atoms with Gasteiger partial charge in [-0.2, -0.15) is 0 Å². The van der Waals surface area contributed by atoms with Crippen LogP contribution in [0.4, 0.5) is 0 Å². The molecule has 2 fully saturated rings. The van der Waals surface area contributed by atoms with Crippen LogP contribution in [-0.2, 0) is 14.3 Å². The van der Waals surface area contributed by atoms with E-state index in [9.17, 15) is 9.59 Å². The lowest BCUT2D eigenvalue weighted by Crippen LogP contribution is -2.46. The molecule has 1 heterocycles. The maximum atomic E-state index is 12.8. The summed E-state index contributed by atoms with van der Waals surface area (Å²) < 4.78 is 6.11.